The van der Waals surface area contributed by atoms with Gasteiger partial charge in [-0.15, -0.1) is 0 Å². The Balaban J connectivity index is 3.19. The van der Waals surface area contributed by atoms with Crippen LogP contribution in [0.2, 0.25) is 0 Å². The maximum absolute atomic E-state index is 11.2. The average molecular weight is 217 g/mol. The Labute approximate surface area is 92.2 Å². The van der Waals surface area contributed by atoms with Gasteiger partial charge in [0, 0.05) is 26.8 Å². The molecule has 5 heteroatoms. The van der Waals surface area contributed by atoms with Gasteiger partial charge in [-0.25, -0.2) is 0 Å². The molecule has 0 rings (SSSR count). The maximum Gasteiger partial charge on any atom is 0.234 e. The summed E-state index contributed by atoms with van der Waals surface area (Å²) in [5.41, 5.74) is 0. The van der Waals surface area contributed by atoms with Crippen molar-refractivity contribution in [3.05, 3.63) is 0 Å². The Morgan fingerprint density at radius 2 is 2.07 bits per heavy atom. The second kappa shape index (κ2) is 9.89. The van der Waals surface area contributed by atoms with Crippen LogP contribution in [0.3, 0.4) is 0 Å². The lowest BCUT2D eigenvalue weighted by Gasteiger charge is -2.10. The number of amides is 1. The number of rotatable bonds is 9. The zero-order valence-electron chi connectivity index (χ0n) is 10.0. The Morgan fingerprint density at radius 3 is 2.67 bits per heavy atom. The van der Waals surface area contributed by atoms with Crippen LogP contribution in [0.15, 0.2) is 0 Å². The normalized spacial score (nSPS) is 10.7. The second-order valence-electron chi connectivity index (χ2n) is 3.68. The molecule has 0 saturated heterocycles. The van der Waals surface area contributed by atoms with Gasteiger partial charge in [-0.1, -0.05) is 0 Å². The molecule has 2 N–H and O–H groups in total. The van der Waals surface area contributed by atoms with Gasteiger partial charge in [-0.3, -0.25) is 4.79 Å². The van der Waals surface area contributed by atoms with Crippen molar-refractivity contribution >= 4 is 5.91 Å². The largest absolute Gasteiger partial charge is 0.385 e. The van der Waals surface area contributed by atoms with Crippen LogP contribution in [0.5, 0.6) is 0 Å². The summed E-state index contributed by atoms with van der Waals surface area (Å²) in [6.07, 6.45) is 0.932. The van der Waals surface area contributed by atoms with E-state index < -0.39 is 0 Å². The molecule has 0 bridgehead atoms. The number of ether oxygens (including phenoxy) is 1. The zero-order chi connectivity index (χ0) is 11.5. The first-order valence-electron chi connectivity index (χ1n) is 5.28. The van der Waals surface area contributed by atoms with Crippen LogP contribution < -0.4 is 10.6 Å². The summed E-state index contributed by atoms with van der Waals surface area (Å²) >= 11 is 0. The third-order valence-electron chi connectivity index (χ3n) is 1.87. The fraction of sp³-hybridized carbons (Fsp3) is 0.900. The summed E-state index contributed by atoms with van der Waals surface area (Å²) in [6.45, 7) is 3.50. The highest BCUT2D eigenvalue weighted by Crippen LogP contribution is 1.76. The SMILES string of the molecule is COCCCNCC(=O)NCCN(C)C. The molecule has 1 amide bonds. The first-order valence-corrected chi connectivity index (χ1v) is 5.28. The van der Waals surface area contributed by atoms with Gasteiger partial charge in [-0.05, 0) is 27.1 Å². The van der Waals surface area contributed by atoms with Crippen molar-refractivity contribution in [1.29, 1.82) is 0 Å². The molecule has 0 aliphatic carbocycles. The van der Waals surface area contributed by atoms with Gasteiger partial charge < -0.3 is 20.3 Å². The molecule has 90 valence electrons. The Bertz CT molecular complexity index is 163. The molecule has 0 aromatic heterocycles. The standard InChI is InChI=1S/C10H23N3O2/c1-13(2)7-6-12-10(14)9-11-5-4-8-15-3/h11H,4-9H2,1-3H3,(H,12,14). The van der Waals surface area contributed by atoms with Gasteiger partial charge in [0.25, 0.3) is 0 Å². The molecule has 0 saturated carbocycles. The monoisotopic (exact) mass is 217 g/mol. The fourth-order valence-electron chi connectivity index (χ4n) is 1.02. The Morgan fingerprint density at radius 1 is 1.33 bits per heavy atom. The molecule has 0 aliphatic heterocycles. The third-order valence-corrected chi connectivity index (χ3v) is 1.87. The lowest BCUT2D eigenvalue weighted by atomic mass is 10.4. The van der Waals surface area contributed by atoms with Gasteiger partial charge >= 0.3 is 0 Å². The van der Waals surface area contributed by atoms with E-state index in [9.17, 15) is 4.79 Å². The topological polar surface area (TPSA) is 53.6 Å². The summed E-state index contributed by atoms with van der Waals surface area (Å²) in [6, 6.07) is 0. The van der Waals surface area contributed by atoms with Gasteiger partial charge in [-0.2, -0.15) is 0 Å². The zero-order valence-corrected chi connectivity index (χ0v) is 10.0. The third kappa shape index (κ3) is 11.3. The van der Waals surface area contributed by atoms with Crippen molar-refractivity contribution in [2.24, 2.45) is 0 Å². The highest BCUT2D eigenvalue weighted by molar-refractivity contribution is 5.77. The number of methoxy groups -OCH3 is 1. The molecule has 0 aromatic rings. The molecule has 0 atom stereocenters. The minimum atomic E-state index is 0.0502. The van der Waals surface area contributed by atoms with Crippen molar-refractivity contribution in [3.8, 4) is 0 Å². The van der Waals surface area contributed by atoms with Crippen LogP contribution in [0.4, 0.5) is 0 Å². The van der Waals surface area contributed by atoms with E-state index in [1.807, 2.05) is 19.0 Å². The van der Waals surface area contributed by atoms with Crippen LogP contribution in [0, 0.1) is 0 Å². The smallest absolute Gasteiger partial charge is 0.234 e. The first-order chi connectivity index (χ1) is 7.16. The summed E-state index contributed by atoms with van der Waals surface area (Å²) in [4.78, 5) is 13.3. The number of hydrogen-bond donors (Lipinski definition) is 2. The van der Waals surface area contributed by atoms with Crippen LogP contribution in [-0.4, -0.2) is 64.8 Å². The number of likely N-dealkylation sites (N-methyl/N-ethyl adjacent to an activating group) is 1. The number of carbonyl (C=O) groups is 1. The van der Waals surface area contributed by atoms with Crippen molar-refractivity contribution in [2.75, 3.05) is 54.0 Å². The molecule has 0 spiro atoms. The van der Waals surface area contributed by atoms with E-state index in [2.05, 4.69) is 10.6 Å². The molecule has 0 fully saturated rings. The molecule has 0 aliphatic rings. The van der Waals surface area contributed by atoms with Crippen LogP contribution in [0.1, 0.15) is 6.42 Å². The van der Waals surface area contributed by atoms with Crippen LogP contribution in [-0.2, 0) is 9.53 Å². The van der Waals surface area contributed by atoms with Crippen LogP contribution >= 0.6 is 0 Å². The van der Waals surface area contributed by atoms with E-state index >= 15 is 0 Å². The molecule has 0 radical (unpaired) electrons. The molecule has 0 heterocycles. The predicted octanol–water partition coefficient (Wildman–Crippen LogP) is -0.710. The molecular weight excluding hydrogens is 194 g/mol. The van der Waals surface area contributed by atoms with Gasteiger partial charge in [0.2, 0.25) is 5.91 Å². The lowest BCUT2D eigenvalue weighted by molar-refractivity contribution is -0.120. The molecule has 0 aromatic carbocycles. The minimum Gasteiger partial charge on any atom is -0.385 e. The Kier molecular flexibility index (Phi) is 9.46. The van der Waals surface area contributed by atoms with Crippen LogP contribution in [0.25, 0.3) is 0 Å². The van der Waals surface area contributed by atoms with E-state index in [1.165, 1.54) is 0 Å². The average Bonchev–Trinajstić information content (AvgIpc) is 2.17. The summed E-state index contributed by atoms with van der Waals surface area (Å²) in [7, 11) is 5.64. The van der Waals surface area contributed by atoms with E-state index in [4.69, 9.17) is 4.74 Å². The first kappa shape index (κ1) is 14.3. The fourth-order valence-corrected chi connectivity index (χ4v) is 1.02. The minimum absolute atomic E-state index is 0.0502. The van der Waals surface area contributed by atoms with E-state index in [0.717, 1.165) is 26.1 Å². The van der Waals surface area contributed by atoms with E-state index in [-0.39, 0.29) is 5.91 Å². The molecular formula is C10H23N3O2. The van der Waals surface area contributed by atoms with Crippen molar-refractivity contribution in [1.82, 2.24) is 15.5 Å². The van der Waals surface area contributed by atoms with Crippen molar-refractivity contribution in [2.45, 2.75) is 6.42 Å². The van der Waals surface area contributed by atoms with E-state index in [1.54, 1.807) is 7.11 Å². The van der Waals surface area contributed by atoms with E-state index in [0.29, 0.717) is 13.1 Å². The second-order valence-corrected chi connectivity index (χ2v) is 3.68. The molecule has 15 heavy (non-hydrogen) atoms. The molecule has 5 nitrogen and oxygen atoms in total. The lowest BCUT2D eigenvalue weighted by Crippen LogP contribution is -2.37. The van der Waals surface area contributed by atoms with Gasteiger partial charge in [0.05, 0.1) is 6.54 Å². The summed E-state index contributed by atoms with van der Waals surface area (Å²) in [5.74, 6) is 0.0502. The highest BCUT2D eigenvalue weighted by Gasteiger charge is 1.99. The quantitative estimate of drug-likeness (QED) is 0.501. The maximum atomic E-state index is 11.2. The number of nitrogens with zero attached hydrogens (tertiary/aromatic N) is 1. The highest BCUT2D eigenvalue weighted by atomic mass is 16.5. The summed E-state index contributed by atoms with van der Waals surface area (Å²) < 4.78 is 4.89. The van der Waals surface area contributed by atoms with Crippen molar-refractivity contribution < 1.29 is 9.53 Å². The van der Waals surface area contributed by atoms with Gasteiger partial charge in [0.15, 0.2) is 0 Å². The number of carbonyl (C=O) groups excluding carboxylic acids is 1. The predicted molar refractivity (Wildman–Crippen MR) is 60.9 cm³/mol. The van der Waals surface area contributed by atoms with Gasteiger partial charge in [0.1, 0.15) is 0 Å². The summed E-state index contributed by atoms with van der Waals surface area (Å²) in [5, 5.41) is 5.88. The number of nitrogens with one attached hydrogen (secondary N) is 2. The number of hydrogen-bond acceptors (Lipinski definition) is 4. The Hall–Kier alpha value is -0.650. The molecule has 0 unspecified atom stereocenters. The van der Waals surface area contributed by atoms with Crippen molar-refractivity contribution in [3.63, 3.8) is 0 Å².